The summed E-state index contributed by atoms with van der Waals surface area (Å²) in [7, 11) is 1.45. The van der Waals surface area contributed by atoms with E-state index in [0.29, 0.717) is 15.9 Å². The number of aliphatic hydroxyl groups is 1. The third-order valence-corrected chi connectivity index (χ3v) is 4.51. The molecule has 2 aromatic heterocycles. The summed E-state index contributed by atoms with van der Waals surface area (Å²) in [4.78, 5) is 25.0. The summed E-state index contributed by atoms with van der Waals surface area (Å²) in [6.45, 7) is 1.66. The van der Waals surface area contributed by atoms with E-state index in [-0.39, 0.29) is 29.3 Å². The van der Waals surface area contributed by atoms with Gasteiger partial charge < -0.3 is 20.5 Å². The van der Waals surface area contributed by atoms with Crippen LogP contribution in [0.1, 0.15) is 17.3 Å². The lowest BCUT2D eigenvalue weighted by Gasteiger charge is -2.14. The van der Waals surface area contributed by atoms with Gasteiger partial charge in [-0.3, -0.25) is 9.78 Å². The number of aromatic nitrogens is 3. The highest BCUT2D eigenvalue weighted by molar-refractivity contribution is 9.10. The normalized spacial score (nSPS) is 11.6. The fourth-order valence-electron chi connectivity index (χ4n) is 2.56. The van der Waals surface area contributed by atoms with Gasteiger partial charge in [-0.05, 0) is 31.2 Å². The van der Waals surface area contributed by atoms with E-state index in [1.807, 2.05) is 0 Å². The van der Waals surface area contributed by atoms with E-state index in [1.165, 1.54) is 31.8 Å². The topological polar surface area (TPSA) is 109 Å². The van der Waals surface area contributed by atoms with Crippen molar-refractivity contribution in [1.82, 2.24) is 20.3 Å². The first-order chi connectivity index (χ1) is 14.4. The molecule has 0 saturated carbocycles. The third kappa shape index (κ3) is 5.08. The number of nitrogens with one attached hydrogen (secondary N) is 2. The number of rotatable bonds is 7. The van der Waals surface area contributed by atoms with Crippen molar-refractivity contribution in [2.24, 2.45) is 0 Å². The maximum absolute atomic E-state index is 14.3. The molecular formula is C20H19BrFN5O3. The summed E-state index contributed by atoms with van der Waals surface area (Å²) >= 11 is 3.31. The average molecular weight is 476 g/mol. The van der Waals surface area contributed by atoms with Crippen molar-refractivity contribution in [2.45, 2.75) is 13.0 Å². The zero-order valence-corrected chi connectivity index (χ0v) is 17.8. The van der Waals surface area contributed by atoms with Crippen LogP contribution >= 0.6 is 15.9 Å². The average Bonchev–Trinajstić information content (AvgIpc) is 2.74. The van der Waals surface area contributed by atoms with Crippen molar-refractivity contribution in [3.63, 3.8) is 0 Å². The van der Waals surface area contributed by atoms with E-state index in [0.717, 1.165) is 0 Å². The van der Waals surface area contributed by atoms with Crippen molar-refractivity contribution in [3.05, 3.63) is 58.7 Å². The molecule has 1 aromatic carbocycles. The largest absolute Gasteiger partial charge is 0.491 e. The van der Waals surface area contributed by atoms with Crippen LogP contribution in [0, 0.1) is 5.82 Å². The molecule has 0 spiro atoms. The maximum Gasteiger partial charge on any atom is 0.255 e. The number of ether oxygens (including phenoxy) is 1. The first kappa shape index (κ1) is 21.6. The number of amides is 1. The van der Waals surface area contributed by atoms with E-state index in [4.69, 9.17) is 4.74 Å². The van der Waals surface area contributed by atoms with Crippen LogP contribution in [0.4, 0.5) is 15.9 Å². The van der Waals surface area contributed by atoms with Crippen LogP contribution < -0.4 is 15.4 Å². The molecule has 1 atom stereocenters. The van der Waals surface area contributed by atoms with Crippen molar-refractivity contribution in [3.8, 4) is 17.1 Å². The SMILES string of the molecule is COc1cnc(-c2cc(Br)ccc2F)nc1Nc1ccncc1C(=O)NCC(C)O. The molecule has 0 fully saturated rings. The molecule has 156 valence electrons. The van der Waals surface area contributed by atoms with E-state index >= 15 is 0 Å². The van der Waals surface area contributed by atoms with Crippen LogP contribution in [0.5, 0.6) is 5.75 Å². The van der Waals surface area contributed by atoms with Crippen molar-refractivity contribution >= 4 is 33.3 Å². The Bertz CT molecular complexity index is 1060. The van der Waals surface area contributed by atoms with Crippen LogP contribution in [0.25, 0.3) is 11.4 Å². The summed E-state index contributed by atoms with van der Waals surface area (Å²) in [5.41, 5.74) is 0.861. The second-order valence-electron chi connectivity index (χ2n) is 6.34. The zero-order chi connectivity index (χ0) is 21.7. The van der Waals surface area contributed by atoms with Gasteiger partial charge in [-0.15, -0.1) is 0 Å². The van der Waals surface area contributed by atoms with Gasteiger partial charge >= 0.3 is 0 Å². The lowest BCUT2D eigenvalue weighted by molar-refractivity contribution is 0.0924. The Labute approximate surface area is 180 Å². The van der Waals surface area contributed by atoms with Gasteiger partial charge in [0.15, 0.2) is 17.4 Å². The Morgan fingerprint density at radius 2 is 2.13 bits per heavy atom. The Morgan fingerprint density at radius 3 is 2.87 bits per heavy atom. The number of aliphatic hydroxyl groups excluding tert-OH is 1. The molecule has 3 rings (SSSR count). The number of carbonyl (C=O) groups is 1. The van der Waals surface area contributed by atoms with Gasteiger partial charge in [0.25, 0.3) is 5.91 Å². The van der Waals surface area contributed by atoms with E-state index in [9.17, 15) is 14.3 Å². The second-order valence-corrected chi connectivity index (χ2v) is 7.26. The molecule has 0 aliphatic carbocycles. The molecule has 0 aliphatic heterocycles. The van der Waals surface area contributed by atoms with E-state index < -0.39 is 17.8 Å². The molecular weight excluding hydrogens is 457 g/mol. The van der Waals surface area contributed by atoms with Gasteiger partial charge in [0.05, 0.1) is 36.2 Å². The summed E-state index contributed by atoms with van der Waals surface area (Å²) in [5.74, 6) is -0.195. The number of methoxy groups -OCH3 is 1. The molecule has 0 radical (unpaired) electrons. The Kier molecular flexibility index (Phi) is 6.91. The fourth-order valence-corrected chi connectivity index (χ4v) is 2.92. The number of nitrogens with zero attached hydrogens (tertiary/aromatic N) is 3. The number of hydrogen-bond donors (Lipinski definition) is 3. The van der Waals surface area contributed by atoms with Crippen molar-refractivity contribution in [1.29, 1.82) is 0 Å². The summed E-state index contributed by atoms with van der Waals surface area (Å²) in [6.07, 6.45) is 3.63. The number of anilines is 2. The number of carbonyl (C=O) groups excluding carboxylic acids is 1. The maximum atomic E-state index is 14.3. The van der Waals surface area contributed by atoms with Gasteiger partial charge in [0, 0.05) is 23.4 Å². The zero-order valence-electron chi connectivity index (χ0n) is 16.2. The summed E-state index contributed by atoms with van der Waals surface area (Å²) < 4.78 is 20.3. The molecule has 3 aromatic rings. The first-order valence-corrected chi connectivity index (χ1v) is 9.72. The molecule has 8 nitrogen and oxygen atoms in total. The highest BCUT2D eigenvalue weighted by Crippen LogP contribution is 2.30. The van der Waals surface area contributed by atoms with Crippen LogP contribution in [-0.2, 0) is 0 Å². The van der Waals surface area contributed by atoms with Crippen molar-refractivity contribution < 1.29 is 19.0 Å². The third-order valence-electron chi connectivity index (χ3n) is 4.02. The molecule has 10 heteroatoms. The second kappa shape index (κ2) is 9.59. The lowest BCUT2D eigenvalue weighted by atomic mass is 10.2. The van der Waals surface area contributed by atoms with E-state index in [2.05, 4.69) is 41.5 Å². The summed E-state index contributed by atoms with van der Waals surface area (Å²) in [6, 6.07) is 6.06. The van der Waals surface area contributed by atoms with Crippen LogP contribution in [0.3, 0.4) is 0 Å². The number of benzene rings is 1. The Balaban J connectivity index is 1.97. The minimum atomic E-state index is -0.688. The monoisotopic (exact) mass is 475 g/mol. The smallest absolute Gasteiger partial charge is 0.255 e. The highest BCUT2D eigenvalue weighted by Gasteiger charge is 2.17. The molecule has 3 N–H and O–H groups in total. The summed E-state index contributed by atoms with van der Waals surface area (Å²) in [5, 5.41) is 15.0. The molecule has 0 aliphatic rings. The quantitative estimate of drug-likeness (QED) is 0.480. The number of halogens is 2. The predicted octanol–water partition coefficient (Wildman–Crippen LogP) is 3.30. The van der Waals surface area contributed by atoms with Crippen LogP contribution in [0.2, 0.25) is 0 Å². The fraction of sp³-hybridized carbons (Fsp3) is 0.200. The molecule has 2 heterocycles. The number of pyridine rings is 1. The Morgan fingerprint density at radius 1 is 1.33 bits per heavy atom. The lowest BCUT2D eigenvalue weighted by Crippen LogP contribution is -2.31. The standard InChI is InChI=1S/C20H19BrFN5O3/c1-11(28)8-25-20(29)14-9-23-6-5-16(14)26-19-17(30-2)10-24-18(27-19)13-7-12(21)3-4-15(13)22/h3-7,9-11,28H,8H2,1-2H3,(H,25,29)(H,23,24,26,27). The van der Waals surface area contributed by atoms with Gasteiger partial charge in [-0.1, -0.05) is 15.9 Å². The van der Waals surface area contributed by atoms with Crippen LogP contribution in [-0.4, -0.2) is 45.7 Å². The van der Waals surface area contributed by atoms with Gasteiger partial charge in [-0.2, -0.15) is 0 Å². The number of hydrogen-bond acceptors (Lipinski definition) is 7. The first-order valence-electron chi connectivity index (χ1n) is 8.92. The minimum Gasteiger partial charge on any atom is -0.491 e. The predicted molar refractivity (Wildman–Crippen MR) is 113 cm³/mol. The molecule has 1 amide bonds. The molecule has 1 unspecified atom stereocenters. The molecule has 0 saturated heterocycles. The van der Waals surface area contributed by atoms with Crippen LogP contribution in [0.15, 0.2) is 47.3 Å². The minimum absolute atomic E-state index is 0.0936. The Hall–Kier alpha value is -3.11. The van der Waals surface area contributed by atoms with E-state index in [1.54, 1.807) is 25.1 Å². The van der Waals surface area contributed by atoms with Gasteiger partial charge in [0.1, 0.15) is 5.82 Å². The molecule has 0 bridgehead atoms. The van der Waals surface area contributed by atoms with Gasteiger partial charge in [-0.25, -0.2) is 14.4 Å². The van der Waals surface area contributed by atoms with Gasteiger partial charge in [0.2, 0.25) is 0 Å². The highest BCUT2D eigenvalue weighted by atomic mass is 79.9. The van der Waals surface area contributed by atoms with Crippen molar-refractivity contribution in [2.75, 3.05) is 19.0 Å². The molecule has 30 heavy (non-hydrogen) atoms.